The van der Waals surface area contributed by atoms with Gasteiger partial charge in [0.15, 0.2) is 5.16 Å². The minimum absolute atomic E-state index is 0.430. The molecule has 96 valence electrons. The molecule has 0 aliphatic carbocycles. The van der Waals surface area contributed by atoms with Crippen LogP contribution in [0.4, 0.5) is 0 Å². The molecular formula is C12H15BrN4S. The van der Waals surface area contributed by atoms with Gasteiger partial charge in [-0.05, 0) is 24.6 Å². The van der Waals surface area contributed by atoms with Crippen molar-refractivity contribution in [2.45, 2.75) is 30.9 Å². The molecule has 0 bridgehead atoms. The van der Waals surface area contributed by atoms with Gasteiger partial charge in [-0.25, -0.2) is 0 Å². The van der Waals surface area contributed by atoms with Crippen LogP contribution in [-0.2, 0) is 18.8 Å². The van der Waals surface area contributed by atoms with Gasteiger partial charge in [0.2, 0.25) is 0 Å². The maximum absolute atomic E-state index is 5.63. The molecule has 0 fully saturated rings. The Morgan fingerprint density at radius 2 is 2.00 bits per heavy atom. The van der Waals surface area contributed by atoms with E-state index in [2.05, 4.69) is 49.8 Å². The predicted molar refractivity (Wildman–Crippen MR) is 77.3 cm³/mol. The molecule has 1 heterocycles. The molecule has 0 amide bonds. The molecule has 4 nitrogen and oxygen atoms in total. The number of thioether (sulfide) groups is 1. The van der Waals surface area contributed by atoms with Crippen molar-refractivity contribution in [2.24, 2.45) is 5.73 Å². The summed E-state index contributed by atoms with van der Waals surface area (Å²) in [5.41, 5.74) is 6.89. The smallest absolute Gasteiger partial charge is 0.191 e. The standard InChI is InChI=1S/C12H15BrN4S/c1-2-17-11(7-14)15-16-12(17)18-8-9-3-5-10(13)6-4-9/h3-6H,2,7-8,14H2,1H3. The Balaban J connectivity index is 2.06. The van der Waals surface area contributed by atoms with E-state index in [-0.39, 0.29) is 0 Å². The van der Waals surface area contributed by atoms with E-state index < -0.39 is 0 Å². The number of rotatable bonds is 5. The number of hydrogen-bond acceptors (Lipinski definition) is 4. The first kappa shape index (κ1) is 13.6. The van der Waals surface area contributed by atoms with Crippen molar-refractivity contribution in [3.05, 3.63) is 40.1 Å². The normalized spacial score (nSPS) is 10.8. The number of nitrogens with two attached hydrogens (primary N) is 1. The highest BCUT2D eigenvalue weighted by Crippen LogP contribution is 2.22. The summed E-state index contributed by atoms with van der Waals surface area (Å²) < 4.78 is 3.15. The number of hydrogen-bond donors (Lipinski definition) is 1. The van der Waals surface area contributed by atoms with Crippen molar-refractivity contribution in [1.82, 2.24) is 14.8 Å². The van der Waals surface area contributed by atoms with Crippen LogP contribution >= 0.6 is 27.7 Å². The van der Waals surface area contributed by atoms with E-state index in [1.807, 2.05) is 12.1 Å². The van der Waals surface area contributed by atoms with Crippen molar-refractivity contribution < 1.29 is 0 Å². The molecule has 6 heteroatoms. The van der Waals surface area contributed by atoms with Crippen molar-refractivity contribution in [3.63, 3.8) is 0 Å². The topological polar surface area (TPSA) is 56.7 Å². The Morgan fingerprint density at radius 1 is 1.28 bits per heavy atom. The lowest BCUT2D eigenvalue weighted by atomic mass is 10.2. The molecule has 0 atom stereocenters. The minimum Gasteiger partial charge on any atom is -0.324 e. The highest BCUT2D eigenvalue weighted by atomic mass is 79.9. The average molecular weight is 327 g/mol. The lowest BCUT2D eigenvalue weighted by Gasteiger charge is -2.05. The summed E-state index contributed by atoms with van der Waals surface area (Å²) in [5, 5.41) is 9.20. The molecule has 0 aliphatic heterocycles. The molecule has 0 aliphatic rings. The van der Waals surface area contributed by atoms with E-state index in [0.29, 0.717) is 6.54 Å². The van der Waals surface area contributed by atoms with Crippen LogP contribution < -0.4 is 5.73 Å². The molecule has 2 rings (SSSR count). The van der Waals surface area contributed by atoms with Gasteiger partial charge < -0.3 is 10.3 Å². The fourth-order valence-electron chi connectivity index (χ4n) is 1.62. The quantitative estimate of drug-likeness (QED) is 0.858. The lowest BCUT2D eigenvalue weighted by Crippen LogP contribution is -2.08. The van der Waals surface area contributed by atoms with E-state index in [1.54, 1.807) is 11.8 Å². The van der Waals surface area contributed by atoms with Crippen LogP contribution in [0, 0.1) is 0 Å². The second-order valence-corrected chi connectivity index (χ2v) is 5.62. The first-order valence-electron chi connectivity index (χ1n) is 5.74. The Morgan fingerprint density at radius 3 is 2.61 bits per heavy atom. The third-order valence-electron chi connectivity index (χ3n) is 2.57. The third kappa shape index (κ3) is 3.13. The van der Waals surface area contributed by atoms with Crippen LogP contribution in [0.25, 0.3) is 0 Å². The minimum atomic E-state index is 0.430. The summed E-state index contributed by atoms with van der Waals surface area (Å²) in [6.07, 6.45) is 0. The lowest BCUT2D eigenvalue weighted by molar-refractivity contribution is 0.643. The Kier molecular flexibility index (Phi) is 4.79. The number of halogens is 1. The van der Waals surface area contributed by atoms with Crippen LogP contribution in [0.5, 0.6) is 0 Å². The van der Waals surface area contributed by atoms with Gasteiger partial charge in [-0.1, -0.05) is 39.8 Å². The largest absolute Gasteiger partial charge is 0.324 e. The fourth-order valence-corrected chi connectivity index (χ4v) is 2.86. The Bertz CT molecular complexity index is 509. The first-order chi connectivity index (χ1) is 8.74. The molecule has 0 spiro atoms. The van der Waals surface area contributed by atoms with E-state index >= 15 is 0 Å². The zero-order chi connectivity index (χ0) is 13.0. The highest BCUT2D eigenvalue weighted by molar-refractivity contribution is 9.10. The summed E-state index contributed by atoms with van der Waals surface area (Å²) >= 11 is 5.12. The van der Waals surface area contributed by atoms with Crippen LogP contribution in [0.15, 0.2) is 33.9 Å². The third-order valence-corrected chi connectivity index (χ3v) is 4.14. The van der Waals surface area contributed by atoms with Crippen LogP contribution in [0.3, 0.4) is 0 Å². The first-order valence-corrected chi connectivity index (χ1v) is 7.51. The van der Waals surface area contributed by atoms with Crippen molar-refractivity contribution in [1.29, 1.82) is 0 Å². The van der Waals surface area contributed by atoms with Gasteiger partial charge in [0.05, 0.1) is 6.54 Å². The molecule has 0 unspecified atom stereocenters. The van der Waals surface area contributed by atoms with E-state index in [0.717, 1.165) is 27.8 Å². The number of benzene rings is 1. The summed E-state index contributed by atoms with van der Waals surface area (Å²) in [6.45, 7) is 3.36. The zero-order valence-electron chi connectivity index (χ0n) is 10.1. The molecule has 1 aromatic carbocycles. The van der Waals surface area contributed by atoms with Gasteiger partial charge >= 0.3 is 0 Å². The van der Waals surface area contributed by atoms with Gasteiger partial charge in [0.25, 0.3) is 0 Å². The summed E-state index contributed by atoms with van der Waals surface area (Å²) in [5.74, 6) is 1.73. The summed E-state index contributed by atoms with van der Waals surface area (Å²) in [6, 6.07) is 8.30. The van der Waals surface area contributed by atoms with Crippen LogP contribution in [0.2, 0.25) is 0 Å². The Hall–Kier alpha value is -0.850. The molecule has 0 radical (unpaired) electrons. The van der Waals surface area contributed by atoms with E-state index in [1.165, 1.54) is 5.56 Å². The summed E-state index contributed by atoms with van der Waals surface area (Å²) in [4.78, 5) is 0. The van der Waals surface area contributed by atoms with Crippen molar-refractivity contribution >= 4 is 27.7 Å². The van der Waals surface area contributed by atoms with E-state index in [4.69, 9.17) is 5.73 Å². The molecule has 0 saturated heterocycles. The monoisotopic (exact) mass is 326 g/mol. The molecule has 0 saturated carbocycles. The van der Waals surface area contributed by atoms with Gasteiger partial charge in [-0.15, -0.1) is 10.2 Å². The van der Waals surface area contributed by atoms with Gasteiger partial charge in [0, 0.05) is 16.8 Å². The van der Waals surface area contributed by atoms with Gasteiger partial charge in [0.1, 0.15) is 5.82 Å². The average Bonchev–Trinajstić information content (AvgIpc) is 2.80. The van der Waals surface area contributed by atoms with Crippen molar-refractivity contribution in [2.75, 3.05) is 0 Å². The maximum Gasteiger partial charge on any atom is 0.191 e. The molecule has 2 aromatic rings. The predicted octanol–water partition coefficient (Wildman–Crippen LogP) is 2.81. The van der Waals surface area contributed by atoms with Crippen LogP contribution in [0.1, 0.15) is 18.3 Å². The van der Waals surface area contributed by atoms with Crippen LogP contribution in [-0.4, -0.2) is 14.8 Å². The molecule has 18 heavy (non-hydrogen) atoms. The number of aromatic nitrogens is 3. The Labute approximate surface area is 119 Å². The summed E-state index contributed by atoms with van der Waals surface area (Å²) in [7, 11) is 0. The molecule has 2 N–H and O–H groups in total. The highest BCUT2D eigenvalue weighted by Gasteiger charge is 2.09. The maximum atomic E-state index is 5.63. The fraction of sp³-hybridized carbons (Fsp3) is 0.333. The van der Waals surface area contributed by atoms with Gasteiger partial charge in [-0.3, -0.25) is 0 Å². The molecular weight excluding hydrogens is 312 g/mol. The second-order valence-electron chi connectivity index (χ2n) is 3.76. The second kappa shape index (κ2) is 6.36. The van der Waals surface area contributed by atoms with Crippen molar-refractivity contribution in [3.8, 4) is 0 Å². The van der Waals surface area contributed by atoms with Gasteiger partial charge in [-0.2, -0.15) is 0 Å². The SMILES string of the molecule is CCn1c(CN)nnc1SCc1ccc(Br)cc1. The number of nitrogens with zero attached hydrogens (tertiary/aromatic N) is 3. The van der Waals surface area contributed by atoms with E-state index in [9.17, 15) is 0 Å². The zero-order valence-corrected chi connectivity index (χ0v) is 12.5. The molecule has 1 aromatic heterocycles.